The quantitative estimate of drug-likeness (QED) is 0.745. The Balaban J connectivity index is 1.60. The summed E-state index contributed by atoms with van der Waals surface area (Å²) < 4.78 is 0. The van der Waals surface area contributed by atoms with Gasteiger partial charge in [0.1, 0.15) is 11.9 Å². The molecule has 0 bridgehead atoms. The van der Waals surface area contributed by atoms with Crippen molar-refractivity contribution in [3.05, 3.63) is 47.5 Å². The number of hydrogen-bond acceptors (Lipinski definition) is 6. The third-order valence-corrected chi connectivity index (χ3v) is 4.18. The Kier molecular flexibility index (Phi) is 4.54. The SMILES string of the molecule is CN(CC(=O)Nc1cc(-c2cccs2)[nH]n1)c1ccc(C#N)cn1. The number of aromatic amines is 1. The van der Waals surface area contributed by atoms with Crippen LogP contribution in [0.15, 0.2) is 41.9 Å². The number of likely N-dealkylation sites (N-methyl/N-ethyl adjacent to an activating group) is 1. The molecular formula is C16H14N6OS. The Morgan fingerprint density at radius 1 is 1.46 bits per heavy atom. The highest BCUT2D eigenvalue weighted by atomic mass is 32.1. The van der Waals surface area contributed by atoms with Crippen molar-refractivity contribution >= 4 is 28.9 Å². The molecular weight excluding hydrogens is 324 g/mol. The molecule has 120 valence electrons. The molecule has 0 atom stereocenters. The second kappa shape index (κ2) is 6.93. The summed E-state index contributed by atoms with van der Waals surface area (Å²) in [7, 11) is 1.76. The highest BCUT2D eigenvalue weighted by Crippen LogP contribution is 2.24. The van der Waals surface area contributed by atoms with Gasteiger partial charge in [0.25, 0.3) is 0 Å². The normalized spacial score (nSPS) is 10.2. The molecule has 0 radical (unpaired) electrons. The van der Waals surface area contributed by atoms with Gasteiger partial charge < -0.3 is 10.2 Å². The maximum absolute atomic E-state index is 12.1. The van der Waals surface area contributed by atoms with Crippen molar-refractivity contribution in [1.82, 2.24) is 15.2 Å². The van der Waals surface area contributed by atoms with E-state index in [9.17, 15) is 4.79 Å². The molecule has 1 amide bonds. The zero-order chi connectivity index (χ0) is 16.9. The fraction of sp³-hybridized carbons (Fsp3) is 0.125. The van der Waals surface area contributed by atoms with Crippen LogP contribution in [0.1, 0.15) is 5.56 Å². The molecule has 0 spiro atoms. The van der Waals surface area contributed by atoms with Crippen LogP contribution in [-0.2, 0) is 4.79 Å². The predicted molar refractivity (Wildman–Crippen MR) is 92.8 cm³/mol. The topological polar surface area (TPSA) is 97.7 Å². The zero-order valence-corrected chi connectivity index (χ0v) is 13.7. The van der Waals surface area contributed by atoms with Crippen molar-refractivity contribution < 1.29 is 4.79 Å². The number of nitrogens with zero attached hydrogens (tertiary/aromatic N) is 4. The second-order valence-corrected chi connectivity index (χ2v) is 6.01. The van der Waals surface area contributed by atoms with Gasteiger partial charge in [-0.05, 0) is 23.6 Å². The molecule has 3 heterocycles. The average molecular weight is 338 g/mol. The zero-order valence-electron chi connectivity index (χ0n) is 12.9. The Hall–Kier alpha value is -3.18. The Labute approximate surface area is 142 Å². The lowest BCUT2D eigenvalue weighted by Crippen LogP contribution is -2.30. The van der Waals surface area contributed by atoms with Crippen molar-refractivity contribution in [1.29, 1.82) is 5.26 Å². The summed E-state index contributed by atoms with van der Waals surface area (Å²) in [5.74, 6) is 0.892. The lowest BCUT2D eigenvalue weighted by molar-refractivity contribution is -0.114. The minimum absolute atomic E-state index is 0.125. The molecule has 3 aromatic heterocycles. The van der Waals surface area contributed by atoms with Crippen molar-refractivity contribution in [3.8, 4) is 16.6 Å². The summed E-state index contributed by atoms with van der Waals surface area (Å²) in [6.07, 6.45) is 1.48. The molecule has 0 aliphatic carbocycles. The van der Waals surface area contributed by atoms with Crippen molar-refractivity contribution in [3.63, 3.8) is 0 Å². The number of aromatic nitrogens is 3. The van der Waals surface area contributed by atoms with Crippen molar-refractivity contribution in [2.75, 3.05) is 23.8 Å². The van der Waals surface area contributed by atoms with Crippen molar-refractivity contribution in [2.24, 2.45) is 0 Å². The minimum atomic E-state index is -0.201. The fourth-order valence-electron chi connectivity index (χ4n) is 2.10. The Morgan fingerprint density at radius 2 is 2.33 bits per heavy atom. The first-order valence-electron chi connectivity index (χ1n) is 7.12. The number of carbonyl (C=O) groups excluding carboxylic acids is 1. The van der Waals surface area contributed by atoms with Crippen LogP contribution in [0.3, 0.4) is 0 Å². The molecule has 7 nitrogen and oxygen atoms in total. The maximum Gasteiger partial charge on any atom is 0.245 e. The van der Waals surface area contributed by atoms with E-state index in [4.69, 9.17) is 5.26 Å². The molecule has 8 heteroatoms. The highest BCUT2D eigenvalue weighted by Gasteiger charge is 2.11. The molecule has 24 heavy (non-hydrogen) atoms. The number of nitriles is 1. The summed E-state index contributed by atoms with van der Waals surface area (Å²) in [5, 5.41) is 20.5. The van der Waals surface area contributed by atoms with Crippen LogP contribution < -0.4 is 10.2 Å². The van der Waals surface area contributed by atoms with Gasteiger partial charge in [-0.2, -0.15) is 10.4 Å². The van der Waals surface area contributed by atoms with Gasteiger partial charge in [0.15, 0.2) is 5.82 Å². The monoisotopic (exact) mass is 338 g/mol. The number of carbonyl (C=O) groups is 1. The fourth-order valence-corrected chi connectivity index (χ4v) is 2.79. The molecule has 2 N–H and O–H groups in total. The third-order valence-electron chi connectivity index (χ3n) is 3.28. The number of H-pyrrole nitrogens is 1. The number of nitrogens with one attached hydrogen (secondary N) is 2. The first kappa shape index (κ1) is 15.7. The molecule has 0 aliphatic rings. The first-order chi connectivity index (χ1) is 11.7. The van der Waals surface area contributed by atoms with E-state index in [2.05, 4.69) is 20.5 Å². The van der Waals surface area contributed by atoms with Gasteiger partial charge in [0.2, 0.25) is 5.91 Å². The molecule has 0 aliphatic heterocycles. The molecule has 0 saturated heterocycles. The number of amides is 1. The highest BCUT2D eigenvalue weighted by molar-refractivity contribution is 7.13. The molecule has 0 saturated carbocycles. The van der Waals surface area contributed by atoms with Crippen LogP contribution in [-0.4, -0.2) is 34.7 Å². The minimum Gasteiger partial charge on any atom is -0.350 e. The average Bonchev–Trinajstić information content (AvgIpc) is 3.26. The van der Waals surface area contributed by atoms with Crippen LogP contribution in [0.4, 0.5) is 11.6 Å². The van der Waals surface area contributed by atoms with E-state index >= 15 is 0 Å². The number of pyridine rings is 1. The van der Waals surface area contributed by atoms with E-state index < -0.39 is 0 Å². The maximum atomic E-state index is 12.1. The van der Waals surface area contributed by atoms with Gasteiger partial charge in [-0.1, -0.05) is 6.07 Å². The number of anilines is 2. The van der Waals surface area contributed by atoms with E-state index in [1.54, 1.807) is 41.5 Å². The predicted octanol–water partition coefficient (Wildman–Crippen LogP) is 2.48. The number of thiophene rings is 1. The molecule has 3 rings (SSSR count). The summed E-state index contributed by atoms with van der Waals surface area (Å²) in [6, 6.07) is 11.1. The van der Waals surface area contributed by atoms with Crippen LogP contribution in [0.25, 0.3) is 10.6 Å². The lowest BCUT2D eigenvalue weighted by atomic mass is 10.3. The van der Waals surface area contributed by atoms with Crippen LogP contribution in [0, 0.1) is 11.3 Å². The molecule has 3 aromatic rings. The van der Waals surface area contributed by atoms with Gasteiger partial charge in [-0.15, -0.1) is 11.3 Å². The summed E-state index contributed by atoms with van der Waals surface area (Å²) in [6.45, 7) is 0.125. The van der Waals surface area contributed by atoms with Gasteiger partial charge in [-0.25, -0.2) is 4.98 Å². The van der Waals surface area contributed by atoms with E-state index in [1.165, 1.54) is 6.20 Å². The van der Waals surface area contributed by atoms with Gasteiger partial charge in [0.05, 0.1) is 22.7 Å². The van der Waals surface area contributed by atoms with Crippen molar-refractivity contribution in [2.45, 2.75) is 0 Å². The van der Waals surface area contributed by atoms with E-state index in [-0.39, 0.29) is 12.5 Å². The first-order valence-corrected chi connectivity index (χ1v) is 8.00. The Morgan fingerprint density at radius 3 is 3.00 bits per heavy atom. The van der Waals surface area contributed by atoms with Crippen LogP contribution >= 0.6 is 11.3 Å². The van der Waals surface area contributed by atoms with Crippen LogP contribution in [0.2, 0.25) is 0 Å². The van der Waals surface area contributed by atoms with E-state index in [0.717, 1.165) is 10.6 Å². The number of hydrogen-bond donors (Lipinski definition) is 2. The lowest BCUT2D eigenvalue weighted by Gasteiger charge is -2.16. The summed E-state index contributed by atoms with van der Waals surface area (Å²) in [5.41, 5.74) is 1.34. The van der Waals surface area contributed by atoms with E-state index in [1.807, 2.05) is 23.6 Å². The summed E-state index contributed by atoms with van der Waals surface area (Å²) >= 11 is 1.60. The smallest absolute Gasteiger partial charge is 0.245 e. The largest absolute Gasteiger partial charge is 0.350 e. The molecule has 0 fully saturated rings. The van der Waals surface area contributed by atoms with Gasteiger partial charge in [0, 0.05) is 19.3 Å². The van der Waals surface area contributed by atoms with E-state index in [0.29, 0.717) is 17.2 Å². The number of rotatable bonds is 5. The summed E-state index contributed by atoms with van der Waals surface area (Å²) in [4.78, 5) is 19.0. The molecule has 0 aromatic carbocycles. The van der Waals surface area contributed by atoms with Gasteiger partial charge >= 0.3 is 0 Å². The molecule has 0 unspecified atom stereocenters. The third kappa shape index (κ3) is 3.59. The second-order valence-electron chi connectivity index (χ2n) is 5.07. The van der Waals surface area contributed by atoms with Gasteiger partial charge in [-0.3, -0.25) is 9.89 Å². The van der Waals surface area contributed by atoms with Crippen LogP contribution in [0.5, 0.6) is 0 Å². The standard InChI is InChI=1S/C16H14N6OS/c1-22(15-5-4-11(8-17)9-18-15)10-16(23)19-14-7-12(20-21-14)13-3-2-6-24-13/h2-7,9H,10H2,1H3,(H2,19,20,21,23). The Bertz CT molecular complexity index is 863.